The summed E-state index contributed by atoms with van der Waals surface area (Å²) in [6.45, 7) is 5.52. The van der Waals surface area contributed by atoms with Crippen molar-refractivity contribution in [3.05, 3.63) is 47.3 Å². The summed E-state index contributed by atoms with van der Waals surface area (Å²) in [6, 6.07) is 10.2. The highest BCUT2D eigenvalue weighted by Gasteiger charge is 2.34. The number of carbonyl (C=O) groups is 2. The van der Waals surface area contributed by atoms with Gasteiger partial charge in [-0.25, -0.2) is 8.42 Å². The van der Waals surface area contributed by atoms with Crippen LogP contribution in [0.25, 0.3) is 0 Å². The number of para-hydroxylation sites is 1. The Morgan fingerprint density at radius 3 is 2.57 bits per heavy atom. The Bertz CT molecular complexity index is 985. The van der Waals surface area contributed by atoms with E-state index in [1.54, 1.807) is 46.7 Å². The lowest BCUT2D eigenvalue weighted by atomic mass is 9.98. The van der Waals surface area contributed by atoms with Crippen LogP contribution >= 0.6 is 11.3 Å². The number of nitrogens with one attached hydrogen (secondary N) is 1. The Balaban J connectivity index is 1.75. The highest BCUT2D eigenvalue weighted by molar-refractivity contribution is 7.91. The van der Waals surface area contributed by atoms with Crippen LogP contribution < -0.4 is 5.32 Å². The lowest BCUT2D eigenvalue weighted by Gasteiger charge is -2.31. The molecule has 2 amide bonds. The number of thiophene rings is 1. The maximum Gasteiger partial charge on any atom is 0.255 e. The lowest BCUT2D eigenvalue weighted by Crippen LogP contribution is -2.43. The van der Waals surface area contributed by atoms with Crippen molar-refractivity contribution in [1.82, 2.24) is 9.21 Å². The molecule has 0 bridgehead atoms. The van der Waals surface area contributed by atoms with E-state index in [9.17, 15) is 18.0 Å². The average molecular weight is 450 g/mol. The summed E-state index contributed by atoms with van der Waals surface area (Å²) >= 11 is 1.18. The molecule has 2 aromatic rings. The van der Waals surface area contributed by atoms with Crippen molar-refractivity contribution in [3.8, 4) is 0 Å². The standard InChI is InChI=1S/C21H27N3O4S2/c1-3-23(4-2)21(26)17-10-5-6-11-18(17)22-20(25)16-9-7-13-24(15-16)30(27,28)19-12-8-14-29-19/h5-6,8,10-12,14,16H,3-4,7,9,13,15H2,1-2H3,(H,22,25). The number of rotatable bonds is 7. The van der Waals surface area contributed by atoms with Crippen molar-refractivity contribution in [2.45, 2.75) is 30.9 Å². The molecule has 1 aliphatic rings. The van der Waals surface area contributed by atoms with Crippen LogP contribution in [0.1, 0.15) is 37.0 Å². The second kappa shape index (κ2) is 9.72. The van der Waals surface area contributed by atoms with Gasteiger partial charge < -0.3 is 10.2 Å². The fourth-order valence-corrected chi connectivity index (χ4v) is 6.28. The minimum Gasteiger partial charge on any atom is -0.339 e. The predicted octanol–water partition coefficient (Wildman–Crippen LogP) is 3.27. The molecule has 0 aliphatic carbocycles. The molecule has 1 N–H and O–H groups in total. The average Bonchev–Trinajstić information content (AvgIpc) is 3.31. The van der Waals surface area contributed by atoms with Crippen molar-refractivity contribution >= 4 is 38.9 Å². The molecule has 7 nitrogen and oxygen atoms in total. The van der Waals surface area contributed by atoms with Gasteiger partial charge in [0.05, 0.1) is 17.2 Å². The van der Waals surface area contributed by atoms with E-state index in [1.165, 1.54) is 15.6 Å². The molecule has 1 aliphatic heterocycles. The van der Waals surface area contributed by atoms with E-state index < -0.39 is 15.9 Å². The minimum atomic E-state index is -3.59. The molecule has 0 radical (unpaired) electrons. The van der Waals surface area contributed by atoms with Crippen LogP contribution in [0.5, 0.6) is 0 Å². The lowest BCUT2D eigenvalue weighted by molar-refractivity contribution is -0.120. The summed E-state index contributed by atoms with van der Waals surface area (Å²) in [5, 5.41) is 4.59. The van der Waals surface area contributed by atoms with E-state index in [0.29, 0.717) is 47.9 Å². The molecule has 1 aromatic heterocycles. The smallest absolute Gasteiger partial charge is 0.255 e. The summed E-state index contributed by atoms with van der Waals surface area (Å²) in [7, 11) is -3.59. The zero-order chi connectivity index (χ0) is 21.7. The largest absolute Gasteiger partial charge is 0.339 e. The number of amides is 2. The maximum atomic E-state index is 13.0. The number of hydrogen-bond donors (Lipinski definition) is 1. The number of hydrogen-bond acceptors (Lipinski definition) is 5. The van der Waals surface area contributed by atoms with Gasteiger partial charge in [0.25, 0.3) is 15.9 Å². The van der Waals surface area contributed by atoms with Gasteiger partial charge in [-0.3, -0.25) is 9.59 Å². The molecule has 3 rings (SSSR count). The van der Waals surface area contributed by atoms with E-state index >= 15 is 0 Å². The first-order valence-corrected chi connectivity index (χ1v) is 12.4. The summed E-state index contributed by atoms with van der Waals surface area (Å²) in [6.07, 6.45) is 1.22. The first-order chi connectivity index (χ1) is 14.4. The van der Waals surface area contributed by atoms with Crippen molar-refractivity contribution in [3.63, 3.8) is 0 Å². The van der Waals surface area contributed by atoms with E-state index in [-0.39, 0.29) is 18.4 Å². The number of benzene rings is 1. The van der Waals surface area contributed by atoms with Crippen LogP contribution in [0.2, 0.25) is 0 Å². The molecule has 1 aromatic carbocycles. The van der Waals surface area contributed by atoms with Gasteiger partial charge in [-0.2, -0.15) is 4.31 Å². The van der Waals surface area contributed by atoms with Gasteiger partial charge >= 0.3 is 0 Å². The van der Waals surface area contributed by atoms with Gasteiger partial charge in [0.15, 0.2) is 0 Å². The third-order valence-corrected chi connectivity index (χ3v) is 8.55. The van der Waals surface area contributed by atoms with Gasteiger partial charge in [0, 0.05) is 26.2 Å². The summed E-state index contributed by atoms with van der Waals surface area (Å²) in [5.74, 6) is -0.868. The Morgan fingerprint density at radius 2 is 1.90 bits per heavy atom. The Hall–Kier alpha value is -2.23. The molecule has 1 atom stereocenters. The fraction of sp³-hybridized carbons (Fsp3) is 0.429. The van der Waals surface area contributed by atoms with Crippen molar-refractivity contribution < 1.29 is 18.0 Å². The van der Waals surface area contributed by atoms with Gasteiger partial charge in [-0.15, -0.1) is 11.3 Å². The predicted molar refractivity (Wildman–Crippen MR) is 118 cm³/mol. The van der Waals surface area contributed by atoms with E-state index in [4.69, 9.17) is 0 Å². The Morgan fingerprint density at radius 1 is 1.17 bits per heavy atom. The number of piperidine rings is 1. The van der Waals surface area contributed by atoms with Crippen LogP contribution in [0.4, 0.5) is 5.69 Å². The molecule has 162 valence electrons. The number of anilines is 1. The maximum absolute atomic E-state index is 13.0. The molecular weight excluding hydrogens is 422 g/mol. The SMILES string of the molecule is CCN(CC)C(=O)c1ccccc1NC(=O)C1CCCN(S(=O)(=O)c2cccs2)C1. The Kier molecular flexibility index (Phi) is 7.27. The van der Waals surface area contributed by atoms with Crippen LogP contribution in [-0.2, 0) is 14.8 Å². The van der Waals surface area contributed by atoms with Gasteiger partial charge in [0.1, 0.15) is 4.21 Å². The minimum absolute atomic E-state index is 0.137. The highest BCUT2D eigenvalue weighted by atomic mass is 32.2. The highest BCUT2D eigenvalue weighted by Crippen LogP contribution is 2.27. The van der Waals surface area contributed by atoms with Crippen molar-refractivity contribution in [1.29, 1.82) is 0 Å². The first-order valence-electron chi connectivity index (χ1n) is 10.1. The molecule has 9 heteroatoms. The first kappa shape index (κ1) is 22.5. The summed E-state index contributed by atoms with van der Waals surface area (Å²) in [5.41, 5.74) is 0.895. The normalized spacial score (nSPS) is 17.5. The van der Waals surface area contributed by atoms with E-state index in [0.717, 1.165) is 0 Å². The fourth-order valence-electron chi connectivity index (χ4n) is 3.61. The van der Waals surface area contributed by atoms with Crippen LogP contribution in [0.15, 0.2) is 46.0 Å². The van der Waals surface area contributed by atoms with E-state index in [1.807, 2.05) is 13.8 Å². The van der Waals surface area contributed by atoms with Crippen LogP contribution in [0, 0.1) is 5.92 Å². The third-order valence-electron chi connectivity index (χ3n) is 5.31. The topological polar surface area (TPSA) is 86.8 Å². The van der Waals surface area contributed by atoms with Gasteiger partial charge in [0.2, 0.25) is 5.91 Å². The number of sulfonamides is 1. The van der Waals surface area contributed by atoms with Crippen molar-refractivity contribution in [2.24, 2.45) is 5.92 Å². The third kappa shape index (κ3) is 4.74. The quantitative estimate of drug-likeness (QED) is 0.703. The zero-order valence-corrected chi connectivity index (χ0v) is 18.8. The summed E-state index contributed by atoms with van der Waals surface area (Å²) in [4.78, 5) is 27.4. The van der Waals surface area contributed by atoms with Crippen LogP contribution in [-0.4, -0.2) is 55.6 Å². The molecule has 0 spiro atoms. The molecule has 30 heavy (non-hydrogen) atoms. The molecule has 1 fully saturated rings. The monoisotopic (exact) mass is 449 g/mol. The zero-order valence-electron chi connectivity index (χ0n) is 17.2. The Labute approximate surface area is 181 Å². The summed E-state index contributed by atoms with van der Waals surface area (Å²) < 4.78 is 27.3. The molecule has 0 saturated carbocycles. The molecule has 1 saturated heterocycles. The second-order valence-electron chi connectivity index (χ2n) is 7.15. The van der Waals surface area contributed by atoms with Crippen molar-refractivity contribution in [2.75, 3.05) is 31.5 Å². The number of carbonyl (C=O) groups excluding carboxylic acids is 2. The molecular formula is C21H27N3O4S2. The van der Waals surface area contributed by atoms with Crippen LogP contribution in [0.3, 0.4) is 0 Å². The van der Waals surface area contributed by atoms with Gasteiger partial charge in [-0.05, 0) is 50.3 Å². The van der Waals surface area contributed by atoms with E-state index in [2.05, 4.69) is 5.32 Å². The molecule has 1 unspecified atom stereocenters. The molecule has 2 heterocycles. The van der Waals surface area contributed by atoms with Gasteiger partial charge in [-0.1, -0.05) is 18.2 Å². The second-order valence-corrected chi connectivity index (χ2v) is 10.3. The number of nitrogens with zero attached hydrogens (tertiary/aromatic N) is 2.